The van der Waals surface area contributed by atoms with E-state index in [1.165, 1.54) is 11.3 Å². The summed E-state index contributed by atoms with van der Waals surface area (Å²) in [5, 5.41) is 6.00. The van der Waals surface area contributed by atoms with Crippen LogP contribution >= 0.6 is 0 Å². The summed E-state index contributed by atoms with van der Waals surface area (Å²) in [4.78, 5) is 29.1. The van der Waals surface area contributed by atoms with Crippen molar-refractivity contribution in [3.8, 4) is 0 Å². The van der Waals surface area contributed by atoms with Crippen LogP contribution in [0.3, 0.4) is 0 Å². The lowest BCUT2D eigenvalue weighted by atomic mass is 9.96. The summed E-state index contributed by atoms with van der Waals surface area (Å²) >= 11 is 0. The number of likely N-dealkylation sites (tertiary alicyclic amines) is 1. The number of urea groups is 1. The van der Waals surface area contributed by atoms with Crippen molar-refractivity contribution < 1.29 is 9.59 Å². The maximum atomic E-state index is 12.5. The number of hydrogen-bond donors (Lipinski definition) is 2. The summed E-state index contributed by atoms with van der Waals surface area (Å²) in [7, 11) is 0. The Bertz CT molecular complexity index is 832. The van der Waals surface area contributed by atoms with Crippen molar-refractivity contribution >= 4 is 23.3 Å². The van der Waals surface area contributed by atoms with Gasteiger partial charge in [-0.2, -0.15) is 0 Å². The fraction of sp³-hybridized carbons (Fsp3) is 0.417. The second-order valence-corrected chi connectivity index (χ2v) is 7.71. The minimum absolute atomic E-state index is 0.0399. The molecule has 0 spiro atoms. The first kappa shape index (κ1) is 21.7. The summed E-state index contributed by atoms with van der Waals surface area (Å²) in [6, 6.07) is 17.8. The highest BCUT2D eigenvalue weighted by atomic mass is 16.2. The molecule has 2 aromatic carbocycles. The first-order valence-corrected chi connectivity index (χ1v) is 10.8. The van der Waals surface area contributed by atoms with Crippen molar-refractivity contribution in [2.24, 2.45) is 5.92 Å². The van der Waals surface area contributed by atoms with E-state index >= 15 is 0 Å². The van der Waals surface area contributed by atoms with Gasteiger partial charge in [0, 0.05) is 50.0 Å². The molecule has 0 aliphatic carbocycles. The average molecular weight is 409 g/mol. The zero-order valence-electron chi connectivity index (χ0n) is 17.9. The number of anilines is 2. The number of carbonyl (C=O) groups is 2. The molecule has 160 valence electrons. The van der Waals surface area contributed by atoms with Crippen molar-refractivity contribution in [1.82, 2.24) is 10.2 Å². The van der Waals surface area contributed by atoms with E-state index in [2.05, 4.69) is 41.5 Å². The highest BCUT2D eigenvalue weighted by molar-refractivity contribution is 5.92. The molecule has 0 unspecified atom stereocenters. The number of benzene rings is 2. The predicted molar refractivity (Wildman–Crippen MR) is 122 cm³/mol. The number of hydrogen-bond acceptors (Lipinski definition) is 3. The van der Waals surface area contributed by atoms with Gasteiger partial charge in [0.15, 0.2) is 0 Å². The normalized spacial score (nSPS) is 14.3. The van der Waals surface area contributed by atoms with Crippen LogP contribution in [-0.2, 0) is 4.79 Å². The van der Waals surface area contributed by atoms with Gasteiger partial charge in [-0.15, -0.1) is 0 Å². The lowest BCUT2D eigenvalue weighted by Gasteiger charge is -2.32. The molecular formula is C24H32N4O2. The fourth-order valence-corrected chi connectivity index (χ4v) is 3.89. The summed E-state index contributed by atoms with van der Waals surface area (Å²) < 4.78 is 0. The molecule has 3 amide bonds. The third-order valence-electron chi connectivity index (χ3n) is 5.69. The number of likely N-dealkylation sites (N-methyl/N-ethyl adjacent to an activating group) is 1. The highest BCUT2D eigenvalue weighted by Crippen LogP contribution is 2.20. The van der Waals surface area contributed by atoms with Crippen molar-refractivity contribution in [3.63, 3.8) is 0 Å². The second-order valence-electron chi connectivity index (χ2n) is 7.71. The number of carbonyl (C=O) groups excluding carboxylic acids is 2. The molecule has 6 heteroatoms. The number of nitrogens with one attached hydrogen (secondary N) is 2. The van der Waals surface area contributed by atoms with Gasteiger partial charge in [0.2, 0.25) is 5.91 Å². The Labute approximate surface area is 179 Å². The molecular weight excluding hydrogens is 376 g/mol. The summed E-state index contributed by atoms with van der Waals surface area (Å²) in [5.74, 6) is -0.0102. The van der Waals surface area contributed by atoms with Crippen molar-refractivity contribution in [1.29, 1.82) is 0 Å². The highest BCUT2D eigenvalue weighted by Gasteiger charge is 2.27. The Morgan fingerprint density at radius 1 is 1.03 bits per heavy atom. The summed E-state index contributed by atoms with van der Waals surface area (Å²) in [6.45, 7) is 7.69. The van der Waals surface area contributed by atoms with Crippen molar-refractivity contribution in [3.05, 3.63) is 60.2 Å². The van der Waals surface area contributed by atoms with E-state index < -0.39 is 0 Å². The van der Waals surface area contributed by atoms with Crippen LogP contribution in [0.1, 0.15) is 25.3 Å². The molecule has 0 saturated carbocycles. The Morgan fingerprint density at radius 2 is 1.70 bits per heavy atom. The lowest BCUT2D eigenvalue weighted by Crippen LogP contribution is -2.47. The first-order chi connectivity index (χ1) is 14.6. The Kier molecular flexibility index (Phi) is 7.71. The van der Waals surface area contributed by atoms with E-state index in [0.29, 0.717) is 32.5 Å². The van der Waals surface area contributed by atoms with Crippen LogP contribution < -0.4 is 15.5 Å². The lowest BCUT2D eigenvalue weighted by molar-refractivity contribution is -0.121. The van der Waals surface area contributed by atoms with Gasteiger partial charge in [-0.25, -0.2) is 4.79 Å². The van der Waals surface area contributed by atoms with Crippen LogP contribution in [0.2, 0.25) is 0 Å². The van der Waals surface area contributed by atoms with Gasteiger partial charge in [-0.3, -0.25) is 4.79 Å². The van der Waals surface area contributed by atoms with Crippen LogP contribution in [0, 0.1) is 12.8 Å². The molecule has 1 aliphatic rings. The topological polar surface area (TPSA) is 64.7 Å². The molecule has 0 atom stereocenters. The number of piperidine rings is 1. The predicted octanol–water partition coefficient (Wildman–Crippen LogP) is 3.88. The molecule has 6 nitrogen and oxygen atoms in total. The van der Waals surface area contributed by atoms with E-state index in [-0.39, 0.29) is 17.9 Å². The Morgan fingerprint density at radius 3 is 2.37 bits per heavy atom. The zero-order chi connectivity index (χ0) is 21.3. The van der Waals surface area contributed by atoms with Gasteiger partial charge in [0.05, 0.1) is 0 Å². The molecule has 1 saturated heterocycles. The third kappa shape index (κ3) is 5.75. The average Bonchev–Trinajstić information content (AvgIpc) is 2.78. The first-order valence-electron chi connectivity index (χ1n) is 10.8. The maximum Gasteiger partial charge on any atom is 0.317 e. The molecule has 2 aromatic rings. The minimum Gasteiger partial charge on any atom is -0.370 e. The largest absolute Gasteiger partial charge is 0.370 e. The number of aryl methyl sites for hydroxylation is 1. The Balaban J connectivity index is 1.41. The molecule has 3 rings (SSSR count). The van der Waals surface area contributed by atoms with Gasteiger partial charge in [0.25, 0.3) is 0 Å². The molecule has 1 heterocycles. The molecule has 0 bridgehead atoms. The maximum absolute atomic E-state index is 12.5. The summed E-state index contributed by atoms with van der Waals surface area (Å²) in [5.41, 5.74) is 3.26. The smallest absolute Gasteiger partial charge is 0.317 e. The molecule has 1 fully saturated rings. The molecule has 30 heavy (non-hydrogen) atoms. The second kappa shape index (κ2) is 10.7. The van der Waals surface area contributed by atoms with Gasteiger partial charge in [0.1, 0.15) is 0 Å². The van der Waals surface area contributed by atoms with Crippen LogP contribution in [-0.4, -0.2) is 49.6 Å². The number of para-hydroxylation sites is 2. The molecule has 0 radical (unpaired) electrons. The molecule has 2 N–H and O–H groups in total. The quantitative estimate of drug-likeness (QED) is 0.731. The summed E-state index contributed by atoms with van der Waals surface area (Å²) in [6.07, 6.45) is 1.38. The minimum atomic E-state index is -0.0501. The van der Waals surface area contributed by atoms with E-state index in [1.54, 1.807) is 0 Å². The van der Waals surface area contributed by atoms with Gasteiger partial charge >= 0.3 is 6.03 Å². The van der Waals surface area contributed by atoms with Gasteiger partial charge in [-0.1, -0.05) is 36.4 Å². The van der Waals surface area contributed by atoms with Crippen molar-refractivity contribution in [2.75, 3.05) is 42.9 Å². The van der Waals surface area contributed by atoms with E-state index in [1.807, 2.05) is 47.4 Å². The number of nitrogens with zero attached hydrogens (tertiary/aromatic N) is 2. The van der Waals surface area contributed by atoms with E-state index in [0.717, 1.165) is 18.8 Å². The zero-order valence-corrected chi connectivity index (χ0v) is 17.9. The van der Waals surface area contributed by atoms with E-state index in [9.17, 15) is 9.59 Å². The van der Waals surface area contributed by atoms with Gasteiger partial charge in [-0.05, 0) is 50.5 Å². The fourth-order valence-electron chi connectivity index (χ4n) is 3.89. The Hall–Kier alpha value is -3.02. The van der Waals surface area contributed by atoms with Gasteiger partial charge < -0.3 is 20.4 Å². The van der Waals surface area contributed by atoms with Crippen LogP contribution in [0.5, 0.6) is 0 Å². The molecule has 1 aliphatic heterocycles. The van der Waals surface area contributed by atoms with E-state index in [4.69, 9.17) is 0 Å². The van der Waals surface area contributed by atoms with Crippen LogP contribution in [0.15, 0.2) is 54.6 Å². The third-order valence-corrected chi connectivity index (χ3v) is 5.69. The van der Waals surface area contributed by atoms with Crippen LogP contribution in [0.25, 0.3) is 0 Å². The molecule has 0 aromatic heterocycles. The standard InChI is InChI=1S/C24H32N4O2/c1-3-27(22-12-8-7-9-19(22)2)18-15-25-24(30)28-16-13-20(14-17-28)23(29)26-21-10-5-4-6-11-21/h4-12,20H,3,13-18H2,1-2H3,(H,25,30)(H,26,29). The van der Waals surface area contributed by atoms with Crippen molar-refractivity contribution in [2.45, 2.75) is 26.7 Å². The number of rotatable bonds is 7. The van der Waals surface area contributed by atoms with Crippen LogP contribution in [0.4, 0.5) is 16.2 Å². The SMILES string of the molecule is CCN(CCNC(=O)N1CCC(C(=O)Nc2ccccc2)CC1)c1ccccc1C. The number of amides is 3. The monoisotopic (exact) mass is 408 g/mol.